The van der Waals surface area contributed by atoms with Gasteiger partial charge in [0, 0.05) is 24.2 Å². The zero-order valence-electron chi connectivity index (χ0n) is 18.0. The van der Waals surface area contributed by atoms with Gasteiger partial charge >= 0.3 is 0 Å². The zero-order valence-corrected chi connectivity index (χ0v) is 18.0. The Labute approximate surface area is 192 Å². The first-order chi connectivity index (χ1) is 16.4. The molecule has 3 N–H and O–H groups in total. The first kappa shape index (κ1) is 21.3. The van der Waals surface area contributed by atoms with Gasteiger partial charge in [-0.15, -0.1) is 0 Å². The minimum absolute atomic E-state index is 0.164. The van der Waals surface area contributed by atoms with Crippen LogP contribution in [0.4, 0.5) is 14.5 Å². The molecule has 0 aliphatic rings. The number of aromatic nitrogens is 5. The lowest BCUT2D eigenvalue weighted by molar-refractivity contribution is 0.0994. The van der Waals surface area contributed by atoms with Crippen molar-refractivity contribution in [1.82, 2.24) is 23.9 Å². The van der Waals surface area contributed by atoms with Gasteiger partial charge in [0.25, 0.3) is 5.91 Å². The molecule has 8 nitrogen and oxygen atoms in total. The number of hydrogen-bond acceptors (Lipinski definition) is 5. The van der Waals surface area contributed by atoms with E-state index in [-0.39, 0.29) is 17.9 Å². The van der Waals surface area contributed by atoms with Crippen LogP contribution in [0.2, 0.25) is 0 Å². The predicted octanol–water partition coefficient (Wildman–Crippen LogP) is 3.88. The predicted molar refractivity (Wildman–Crippen MR) is 122 cm³/mol. The van der Waals surface area contributed by atoms with Crippen LogP contribution in [0.25, 0.3) is 22.9 Å². The topological polar surface area (TPSA) is 103 Å². The van der Waals surface area contributed by atoms with Crippen molar-refractivity contribution in [2.45, 2.75) is 13.5 Å². The molecule has 5 rings (SSSR count). The van der Waals surface area contributed by atoms with E-state index >= 15 is 0 Å². The summed E-state index contributed by atoms with van der Waals surface area (Å²) in [5, 5.41) is 2.95. The van der Waals surface area contributed by atoms with Gasteiger partial charge in [-0.25, -0.2) is 23.7 Å². The standard InChI is InChI=1S/C24H19F2N7O/c1-14-3-2-4-20(30-14)24-31-16(10-28-19-7-5-15(25)9-18(19)26)12-32(24)17-6-8-22-29-11-21(23(27)34)33(22)13-17/h2-9,11-13,28H,10H2,1H3,(H2,27,34). The zero-order chi connectivity index (χ0) is 23.8. The molecular weight excluding hydrogens is 440 g/mol. The number of carbonyl (C=O) groups is 1. The Kier molecular flexibility index (Phi) is 5.25. The van der Waals surface area contributed by atoms with Crippen molar-refractivity contribution in [3.63, 3.8) is 0 Å². The highest BCUT2D eigenvalue weighted by Gasteiger charge is 2.16. The smallest absolute Gasteiger partial charge is 0.267 e. The summed E-state index contributed by atoms with van der Waals surface area (Å²) < 4.78 is 30.7. The Hall–Kier alpha value is -4.60. The molecule has 0 aliphatic carbocycles. The summed E-state index contributed by atoms with van der Waals surface area (Å²) in [4.78, 5) is 25.3. The van der Waals surface area contributed by atoms with Crippen molar-refractivity contribution < 1.29 is 13.6 Å². The van der Waals surface area contributed by atoms with Gasteiger partial charge in [-0.05, 0) is 43.3 Å². The minimum Gasteiger partial charge on any atom is -0.377 e. The van der Waals surface area contributed by atoms with E-state index in [4.69, 9.17) is 10.7 Å². The molecule has 0 bridgehead atoms. The summed E-state index contributed by atoms with van der Waals surface area (Å²) >= 11 is 0. The van der Waals surface area contributed by atoms with Crippen LogP contribution in [-0.4, -0.2) is 29.8 Å². The van der Waals surface area contributed by atoms with Gasteiger partial charge < -0.3 is 11.1 Å². The number of amides is 1. The maximum atomic E-state index is 14.0. The summed E-state index contributed by atoms with van der Waals surface area (Å²) in [6.45, 7) is 2.07. The van der Waals surface area contributed by atoms with E-state index in [1.165, 1.54) is 18.3 Å². The number of benzene rings is 1. The molecule has 0 unspecified atom stereocenters. The van der Waals surface area contributed by atoms with E-state index in [0.29, 0.717) is 28.5 Å². The van der Waals surface area contributed by atoms with Crippen LogP contribution >= 0.6 is 0 Å². The van der Waals surface area contributed by atoms with E-state index in [1.807, 2.05) is 35.8 Å². The Morgan fingerprint density at radius 3 is 2.71 bits per heavy atom. The fourth-order valence-corrected chi connectivity index (χ4v) is 3.67. The van der Waals surface area contributed by atoms with Crippen LogP contribution in [0.15, 0.2) is 67.1 Å². The number of aryl methyl sites for hydroxylation is 1. The van der Waals surface area contributed by atoms with E-state index in [0.717, 1.165) is 11.8 Å². The van der Waals surface area contributed by atoms with Gasteiger partial charge in [-0.1, -0.05) is 6.07 Å². The van der Waals surface area contributed by atoms with Crippen molar-refractivity contribution >= 4 is 17.2 Å². The van der Waals surface area contributed by atoms with Crippen LogP contribution in [0.5, 0.6) is 0 Å². The highest BCUT2D eigenvalue weighted by atomic mass is 19.1. The van der Waals surface area contributed by atoms with Gasteiger partial charge in [0.1, 0.15) is 28.7 Å². The van der Waals surface area contributed by atoms with Gasteiger partial charge in [-0.3, -0.25) is 13.8 Å². The normalized spacial score (nSPS) is 11.1. The van der Waals surface area contributed by atoms with Crippen LogP contribution < -0.4 is 11.1 Å². The minimum atomic E-state index is -0.690. The molecule has 4 aromatic heterocycles. The number of fused-ring (bicyclic) bond motifs is 1. The number of imidazole rings is 2. The summed E-state index contributed by atoms with van der Waals surface area (Å²) in [6.07, 6.45) is 4.95. The molecule has 1 aromatic carbocycles. The number of pyridine rings is 2. The Morgan fingerprint density at radius 2 is 1.94 bits per heavy atom. The first-order valence-corrected chi connectivity index (χ1v) is 10.4. The fraction of sp³-hybridized carbons (Fsp3) is 0.0833. The number of nitrogens with zero attached hydrogens (tertiary/aromatic N) is 5. The second-order valence-electron chi connectivity index (χ2n) is 7.69. The molecule has 0 atom stereocenters. The molecule has 0 radical (unpaired) electrons. The second kappa shape index (κ2) is 8.39. The number of nitrogens with one attached hydrogen (secondary N) is 1. The van der Waals surface area contributed by atoms with E-state index < -0.39 is 17.5 Å². The monoisotopic (exact) mass is 459 g/mol. The maximum Gasteiger partial charge on any atom is 0.267 e. The van der Waals surface area contributed by atoms with Gasteiger partial charge in [0.05, 0.1) is 29.8 Å². The molecule has 4 heterocycles. The molecule has 1 amide bonds. The van der Waals surface area contributed by atoms with Crippen molar-refractivity contribution in [2.24, 2.45) is 5.73 Å². The van der Waals surface area contributed by atoms with Crippen molar-refractivity contribution in [1.29, 1.82) is 0 Å². The second-order valence-corrected chi connectivity index (χ2v) is 7.69. The van der Waals surface area contributed by atoms with Crippen LogP contribution in [0.1, 0.15) is 21.9 Å². The molecule has 0 aliphatic heterocycles. The summed E-state index contributed by atoms with van der Waals surface area (Å²) in [6, 6.07) is 12.5. The first-order valence-electron chi connectivity index (χ1n) is 10.4. The van der Waals surface area contributed by atoms with Crippen LogP contribution in [0.3, 0.4) is 0 Å². The molecular formula is C24H19F2N7O. The van der Waals surface area contributed by atoms with Crippen LogP contribution in [0, 0.1) is 18.6 Å². The lowest BCUT2D eigenvalue weighted by atomic mass is 10.3. The molecule has 34 heavy (non-hydrogen) atoms. The van der Waals surface area contributed by atoms with E-state index in [9.17, 15) is 13.6 Å². The molecule has 170 valence electrons. The van der Waals surface area contributed by atoms with Crippen molar-refractivity contribution in [3.05, 3.63) is 95.8 Å². The average molecular weight is 459 g/mol. The van der Waals surface area contributed by atoms with Gasteiger partial charge in [0.2, 0.25) is 0 Å². The highest BCUT2D eigenvalue weighted by molar-refractivity contribution is 5.91. The molecule has 0 spiro atoms. The van der Waals surface area contributed by atoms with E-state index in [2.05, 4.69) is 15.3 Å². The van der Waals surface area contributed by atoms with E-state index in [1.54, 1.807) is 22.9 Å². The van der Waals surface area contributed by atoms with Gasteiger partial charge in [0.15, 0.2) is 5.82 Å². The number of halogens is 2. The van der Waals surface area contributed by atoms with Crippen molar-refractivity contribution in [2.75, 3.05) is 5.32 Å². The number of carbonyl (C=O) groups excluding carboxylic acids is 1. The third-order valence-electron chi connectivity index (χ3n) is 5.28. The summed E-state index contributed by atoms with van der Waals surface area (Å²) in [5.74, 6) is -1.38. The third kappa shape index (κ3) is 3.96. The quantitative estimate of drug-likeness (QED) is 0.401. The highest BCUT2D eigenvalue weighted by Crippen LogP contribution is 2.24. The maximum absolute atomic E-state index is 14.0. The Morgan fingerprint density at radius 1 is 1.09 bits per heavy atom. The number of primary amides is 1. The molecule has 5 aromatic rings. The number of nitrogens with two attached hydrogens (primary N) is 1. The van der Waals surface area contributed by atoms with Crippen molar-refractivity contribution in [3.8, 4) is 17.2 Å². The van der Waals surface area contributed by atoms with Gasteiger partial charge in [-0.2, -0.15) is 0 Å². The summed E-state index contributed by atoms with van der Waals surface area (Å²) in [7, 11) is 0. The Balaban J connectivity index is 1.58. The lowest BCUT2D eigenvalue weighted by Crippen LogP contribution is -2.13. The fourth-order valence-electron chi connectivity index (χ4n) is 3.67. The molecule has 0 saturated carbocycles. The largest absolute Gasteiger partial charge is 0.377 e. The lowest BCUT2D eigenvalue weighted by Gasteiger charge is -2.09. The third-order valence-corrected chi connectivity index (χ3v) is 5.28. The number of hydrogen-bond donors (Lipinski definition) is 2. The molecule has 0 saturated heterocycles. The summed E-state index contributed by atoms with van der Waals surface area (Å²) in [5.41, 5.74) is 9.22. The average Bonchev–Trinajstić information content (AvgIpc) is 3.42. The number of rotatable bonds is 6. The van der Waals surface area contributed by atoms with Crippen LogP contribution in [-0.2, 0) is 6.54 Å². The SMILES string of the molecule is Cc1cccc(-c2nc(CNc3ccc(F)cc3F)cn2-c2ccc3ncc(C(N)=O)n3c2)n1. The molecule has 10 heteroatoms. The Bertz CT molecular complexity index is 1540. The molecule has 0 fully saturated rings. The number of anilines is 1.